The number of amides is 1. The smallest absolute Gasteiger partial charge is 0.341 e. The normalized spacial score (nSPS) is 12.7. The highest BCUT2D eigenvalue weighted by atomic mass is 16.5. The average molecular weight is 288 g/mol. The lowest BCUT2D eigenvalue weighted by Crippen LogP contribution is -2.22. The van der Waals surface area contributed by atoms with Crippen molar-refractivity contribution < 1.29 is 14.3 Å². The van der Waals surface area contributed by atoms with Crippen LogP contribution in [0.2, 0.25) is 0 Å². The van der Waals surface area contributed by atoms with E-state index in [0.29, 0.717) is 23.0 Å². The lowest BCUT2D eigenvalue weighted by molar-refractivity contribution is 0.248. The van der Waals surface area contributed by atoms with Gasteiger partial charge in [0.25, 0.3) is 0 Å². The van der Waals surface area contributed by atoms with Crippen LogP contribution in [0.5, 0.6) is 11.5 Å². The summed E-state index contributed by atoms with van der Waals surface area (Å²) in [6, 6.07) is 4.87. The highest BCUT2D eigenvalue weighted by Gasteiger charge is 2.26. The Kier molecular flexibility index (Phi) is 3.17. The zero-order valence-corrected chi connectivity index (χ0v) is 11.8. The number of rotatable bonds is 3. The molecule has 1 aromatic heterocycles. The van der Waals surface area contributed by atoms with Gasteiger partial charge in [-0.3, -0.25) is 0 Å². The van der Waals surface area contributed by atoms with Crippen molar-refractivity contribution in [2.45, 2.75) is 6.42 Å². The maximum absolute atomic E-state index is 11.5. The molecule has 21 heavy (non-hydrogen) atoms. The SMILES string of the molecule is COc1ccc(-c2nn(C(N)=O)c3c2CCN3)c(OC)c1. The zero-order chi connectivity index (χ0) is 15.0. The van der Waals surface area contributed by atoms with Crippen molar-refractivity contribution in [3.05, 3.63) is 23.8 Å². The van der Waals surface area contributed by atoms with Crippen molar-refractivity contribution in [1.82, 2.24) is 9.78 Å². The van der Waals surface area contributed by atoms with E-state index >= 15 is 0 Å². The summed E-state index contributed by atoms with van der Waals surface area (Å²) in [6.07, 6.45) is 0.785. The zero-order valence-electron chi connectivity index (χ0n) is 11.8. The van der Waals surface area contributed by atoms with E-state index in [1.54, 1.807) is 20.3 Å². The van der Waals surface area contributed by atoms with Crippen molar-refractivity contribution in [3.63, 3.8) is 0 Å². The summed E-state index contributed by atoms with van der Waals surface area (Å²) >= 11 is 0. The summed E-state index contributed by atoms with van der Waals surface area (Å²) < 4.78 is 11.8. The predicted octanol–water partition coefficient (Wildman–Crippen LogP) is 1.46. The maximum Gasteiger partial charge on any atom is 0.341 e. The van der Waals surface area contributed by atoms with Gasteiger partial charge < -0.3 is 20.5 Å². The minimum Gasteiger partial charge on any atom is -0.497 e. The van der Waals surface area contributed by atoms with Gasteiger partial charge in [-0.2, -0.15) is 9.78 Å². The number of nitrogens with zero attached hydrogens (tertiary/aromatic N) is 2. The molecule has 1 aliphatic rings. The Morgan fingerprint density at radius 1 is 1.38 bits per heavy atom. The third kappa shape index (κ3) is 2.06. The van der Waals surface area contributed by atoms with E-state index < -0.39 is 6.03 Å². The molecule has 3 rings (SSSR count). The highest BCUT2D eigenvalue weighted by Crippen LogP contribution is 2.38. The Bertz CT molecular complexity index is 708. The number of methoxy groups -OCH3 is 2. The molecular weight excluding hydrogens is 272 g/mol. The Hall–Kier alpha value is -2.70. The van der Waals surface area contributed by atoms with Gasteiger partial charge in [-0.1, -0.05) is 0 Å². The monoisotopic (exact) mass is 288 g/mol. The summed E-state index contributed by atoms with van der Waals surface area (Å²) in [4.78, 5) is 11.5. The maximum atomic E-state index is 11.5. The molecule has 0 saturated carbocycles. The lowest BCUT2D eigenvalue weighted by atomic mass is 10.1. The summed E-state index contributed by atoms with van der Waals surface area (Å²) in [5.74, 6) is 1.99. The van der Waals surface area contributed by atoms with E-state index in [9.17, 15) is 4.79 Å². The Morgan fingerprint density at radius 2 is 2.19 bits per heavy atom. The van der Waals surface area contributed by atoms with Gasteiger partial charge in [-0.05, 0) is 18.6 Å². The van der Waals surface area contributed by atoms with E-state index in [-0.39, 0.29) is 0 Å². The number of carbonyl (C=O) groups excluding carboxylic acids is 1. The highest BCUT2D eigenvalue weighted by molar-refractivity contribution is 5.84. The van der Waals surface area contributed by atoms with Crippen LogP contribution in [-0.4, -0.2) is 36.6 Å². The van der Waals surface area contributed by atoms with Crippen molar-refractivity contribution in [1.29, 1.82) is 0 Å². The van der Waals surface area contributed by atoms with Gasteiger partial charge in [0.1, 0.15) is 23.0 Å². The first-order chi connectivity index (χ1) is 10.2. The number of hydrogen-bond acceptors (Lipinski definition) is 5. The van der Waals surface area contributed by atoms with Crippen LogP contribution >= 0.6 is 0 Å². The van der Waals surface area contributed by atoms with Gasteiger partial charge in [0.05, 0.1) is 14.2 Å². The largest absolute Gasteiger partial charge is 0.497 e. The molecule has 7 heteroatoms. The second-order valence-electron chi connectivity index (χ2n) is 4.67. The third-order valence-electron chi connectivity index (χ3n) is 3.52. The van der Waals surface area contributed by atoms with Gasteiger partial charge in [-0.15, -0.1) is 0 Å². The van der Waals surface area contributed by atoms with Gasteiger partial charge in [0.15, 0.2) is 0 Å². The van der Waals surface area contributed by atoms with Crippen LogP contribution in [0.15, 0.2) is 18.2 Å². The summed E-state index contributed by atoms with van der Waals surface area (Å²) in [6.45, 7) is 0.756. The number of nitrogens with one attached hydrogen (secondary N) is 1. The summed E-state index contributed by atoms with van der Waals surface area (Å²) in [5.41, 5.74) is 7.84. The Labute approximate surface area is 121 Å². The number of primary amides is 1. The third-order valence-corrected chi connectivity index (χ3v) is 3.52. The first kappa shape index (κ1) is 13.3. The number of aromatic nitrogens is 2. The second-order valence-corrected chi connectivity index (χ2v) is 4.67. The van der Waals surface area contributed by atoms with Crippen LogP contribution in [0.25, 0.3) is 11.3 Å². The van der Waals surface area contributed by atoms with Crippen molar-refractivity contribution in [3.8, 4) is 22.8 Å². The van der Waals surface area contributed by atoms with E-state index in [0.717, 1.165) is 24.1 Å². The van der Waals surface area contributed by atoms with Crippen LogP contribution in [0, 0.1) is 0 Å². The fraction of sp³-hybridized carbons (Fsp3) is 0.286. The van der Waals surface area contributed by atoms with E-state index in [2.05, 4.69) is 10.4 Å². The first-order valence-electron chi connectivity index (χ1n) is 6.53. The van der Waals surface area contributed by atoms with Crippen LogP contribution in [0.1, 0.15) is 5.56 Å². The van der Waals surface area contributed by atoms with Crippen LogP contribution in [0.3, 0.4) is 0 Å². The standard InChI is InChI=1S/C14H16N4O3/c1-20-8-3-4-9(11(7-8)21-2)12-10-5-6-16-13(10)18(17-12)14(15)19/h3-4,7,16H,5-6H2,1-2H3,(H2,15,19). The molecule has 1 aromatic carbocycles. The predicted molar refractivity (Wildman–Crippen MR) is 77.9 cm³/mol. The molecule has 7 nitrogen and oxygen atoms in total. The van der Waals surface area contributed by atoms with E-state index in [4.69, 9.17) is 15.2 Å². The molecule has 1 aliphatic heterocycles. The quantitative estimate of drug-likeness (QED) is 0.892. The topological polar surface area (TPSA) is 91.4 Å². The lowest BCUT2D eigenvalue weighted by Gasteiger charge is -2.09. The summed E-state index contributed by atoms with van der Waals surface area (Å²) in [5, 5.41) is 7.46. The van der Waals surface area contributed by atoms with Crippen molar-refractivity contribution in [2.24, 2.45) is 5.73 Å². The molecular formula is C14H16N4O3. The molecule has 2 aromatic rings. The number of ether oxygens (including phenoxy) is 2. The average Bonchev–Trinajstić information content (AvgIpc) is 3.08. The molecule has 0 aliphatic carbocycles. The Balaban J connectivity index is 2.17. The number of fused-ring (bicyclic) bond motifs is 1. The van der Waals surface area contributed by atoms with Crippen molar-refractivity contribution >= 4 is 11.8 Å². The van der Waals surface area contributed by atoms with Gasteiger partial charge in [0, 0.05) is 23.7 Å². The van der Waals surface area contributed by atoms with Crippen LogP contribution in [-0.2, 0) is 6.42 Å². The molecule has 0 spiro atoms. The molecule has 0 radical (unpaired) electrons. The van der Waals surface area contributed by atoms with Gasteiger partial charge >= 0.3 is 6.03 Å². The number of nitrogens with two attached hydrogens (primary N) is 1. The second kappa shape index (κ2) is 5.01. The molecule has 3 N–H and O–H groups in total. The van der Waals surface area contributed by atoms with E-state index in [1.807, 2.05) is 12.1 Å². The number of benzene rings is 1. The minimum atomic E-state index is -0.612. The van der Waals surface area contributed by atoms with Gasteiger partial charge in [0.2, 0.25) is 0 Å². The molecule has 110 valence electrons. The summed E-state index contributed by atoms with van der Waals surface area (Å²) in [7, 11) is 3.18. The molecule has 1 amide bonds. The molecule has 0 atom stereocenters. The van der Waals surface area contributed by atoms with Crippen molar-refractivity contribution in [2.75, 3.05) is 26.1 Å². The molecule has 0 bridgehead atoms. The van der Waals surface area contributed by atoms with Gasteiger partial charge in [-0.25, -0.2) is 4.79 Å². The molecule has 0 saturated heterocycles. The van der Waals surface area contributed by atoms with Crippen LogP contribution < -0.4 is 20.5 Å². The Morgan fingerprint density at radius 3 is 2.86 bits per heavy atom. The molecule has 0 fully saturated rings. The first-order valence-corrected chi connectivity index (χ1v) is 6.53. The number of anilines is 1. The minimum absolute atomic E-state index is 0.612. The molecule has 2 heterocycles. The fourth-order valence-electron chi connectivity index (χ4n) is 2.54. The number of carbonyl (C=O) groups is 1. The number of hydrogen-bond donors (Lipinski definition) is 2. The fourth-order valence-corrected chi connectivity index (χ4v) is 2.54. The van der Waals surface area contributed by atoms with Crippen LogP contribution in [0.4, 0.5) is 10.6 Å². The van der Waals surface area contributed by atoms with E-state index in [1.165, 1.54) is 4.68 Å². The molecule has 0 unspecified atom stereocenters.